The average Bonchev–Trinajstić information content (AvgIpc) is 3.08. The standard InChI is InChI=1S/C21H18N2O2/c24-20-18(10-6-13-22(20)15-16-7-2-1-3-8-16)21(25)23-14-12-17-9-4-5-11-19(17)23/h1-11,13H,12,14-15H2. The number of fused-ring (bicyclic) bond motifs is 1. The van der Waals surface area contributed by atoms with Crippen LogP contribution in [0, 0.1) is 0 Å². The Morgan fingerprint density at radius 1 is 0.920 bits per heavy atom. The van der Waals surface area contributed by atoms with Crippen molar-refractivity contribution in [2.24, 2.45) is 0 Å². The van der Waals surface area contributed by atoms with E-state index in [2.05, 4.69) is 0 Å². The van der Waals surface area contributed by atoms with Crippen molar-refractivity contribution < 1.29 is 4.79 Å². The van der Waals surface area contributed by atoms with Gasteiger partial charge in [0.2, 0.25) is 0 Å². The molecule has 1 aliphatic rings. The molecule has 124 valence electrons. The van der Waals surface area contributed by atoms with Crippen LogP contribution in [-0.2, 0) is 13.0 Å². The molecule has 0 saturated heterocycles. The molecule has 2 aromatic carbocycles. The molecular formula is C21H18N2O2. The molecule has 4 heteroatoms. The van der Waals surface area contributed by atoms with E-state index < -0.39 is 0 Å². The number of hydrogen-bond donors (Lipinski definition) is 0. The molecule has 0 radical (unpaired) electrons. The Labute approximate surface area is 146 Å². The van der Waals surface area contributed by atoms with Gasteiger partial charge < -0.3 is 9.47 Å². The Bertz CT molecular complexity index is 976. The van der Waals surface area contributed by atoms with Gasteiger partial charge in [-0.15, -0.1) is 0 Å². The minimum atomic E-state index is -0.249. The van der Waals surface area contributed by atoms with Gasteiger partial charge in [-0.05, 0) is 35.7 Å². The van der Waals surface area contributed by atoms with Gasteiger partial charge in [0.15, 0.2) is 0 Å². The highest BCUT2D eigenvalue weighted by Gasteiger charge is 2.26. The van der Waals surface area contributed by atoms with Crippen LogP contribution in [-0.4, -0.2) is 17.0 Å². The Balaban J connectivity index is 1.66. The van der Waals surface area contributed by atoms with Crippen LogP contribution >= 0.6 is 0 Å². The summed E-state index contributed by atoms with van der Waals surface area (Å²) in [6, 6.07) is 21.0. The maximum atomic E-state index is 12.9. The van der Waals surface area contributed by atoms with Crippen LogP contribution in [0.4, 0.5) is 5.69 Å². The summed E-state index contributed by atoms with van der Waals surface area (Å²) in [4.78, 5) is 27.5. The predicted molar refractivity (Wildman–Crippen MR) is 98.1 cm³/mol. The fourth-order valence-corrected chi connectivity index (χ4v) is 3.30. The SMILES string of the molecule is O=C(c1cccn(Cc2ccccc2)c1=O)N1CCc2ccccc21. The normalized spacial score (nSPS) is 12.9. The molecule has 4 rings (SSSR count). The second-order valence-corrected chi connectivity index (χ2v) is 6.18. The van der Waals surface area contributed by atoms with Crippen molar-refractivity contribution in [3.63, 3.8) is 0 Å². The van der Waals surface area contributed by atoms with E-state index in [4.69, 9.17) is 0 Å². The van der Waals surface area contributed by atoms with Crippen molar-refractivity contribution >= 4 is 11.6 Å². The third-order valence-corrected chi connectivity index (χ3v) is 4.58. The summed E-state index contributed by atoms with van der Waals surface area (Å²) >= 11 is 0. The molecule has 0 fully saturated rings. The first-order valence-electron chi connectivity index (χ1n) is 8.37. The van der Waals surface area contributed by atoms with E-state index in [1.807, 2.05) is 54.6 Å². The van der Waals surface area contributed by atoms with Crippen molar-refractivity contribution in [1.29, 1.82) is 0 Å². The summed E-state index contributed by atoms with van der Waals surface area (Å²) in [5, 5.41) is 0. The average molecular weight is 330 g/mol. The van der Waals surface area contributed by atoms with Gasteiger partial charge in [-0.3, -0.25) is 9.59 Å². The molecule has 1 aliphatic heterocycles. The van der Waals surface area contributed by atoms with Crippen molar-refractivity contribution in [3.05, 3.63) is 100.0 Å². The number of carbonyl (C=O) groups is 1. The van der Waals surface area contributed by atoms with Crippen molar-refractivity contribution in [1.82, 2.24) is 4.57 Å². The van der Waals surface area contributed by atoms with Crippen molar-refractivity contribution in [2.75, 3.05) is 11.4 Å². The van der Waals surface area contributed by atoms with E-state index >= 15 is 0 Å². The van der Waals surface area contributed by atoms with Gasteiger partial charge >= 0.3 is 0 Å². The topological polar surface area (TPSA) is 42.3 Å². The highest BCUT2D eigenvalue weighted by atomic mass is 16.2. The molecule has 2 heterocycles. The number of hydrogen-bond acceptors (Lipinski definition) is 2. The second kappa shape index (κ2) is 6.40. The third kappa shape index (κ3) is 2.87. The number of carbonyl (C=O) groups excluding carboxylic acids is 1. The van der Waals surface area contributed by atoms with Gasteiger partial charge in [0.05, 0.1) is 6.54 Å². The maximum absolute atomic E-state index is 12.9. The molecule has 0 spiro atoms. The van der Waals surface area contributed by atoms with E-state index in [1.165, 1.54) is 0 Å². The Morgan fingerprint density at radius 3 is 2.52 bits per heavy atom. The van der Waals surface area contributed by atoms with Crippen LogP contribution in [0.2, 0.25) is 0 Å². The van der Waals surface area contributed by atoms with Crippen LogP contribution in [0.1, 0.15) is 21.5 Å². The van der Waals surface area contributed by atoms with Gasteiger partial charge in [0, 0.05) is 18.4 Å². The number of anilines is 1. The first-order chi connectivity index (χ1) is 12.2. The van der Waals surface area contributed by atoms with Crippen LogP contribution in [0.3, 0.4) is 0 Å². The molecule has 25 heavy (non-hydrogen) atoms. The molecule has 0 saturated carbocycles. The van der Waals surface area contributed by atoms with Crippen LogP contribution in [0.15, 0.2) is 77.7 Å². The minimum absolute atomic E-state index is 0.218. The molecule has 0 bridgehead atoms. The lowest BCUT2D eigenvalue weighted by Crippen LogP contribution is -2.35. The van der Waals surface area contributed by atoms with Crippen LogP contribution in [0.5, 0.6) is 0 Å². The van der Waals surface area contributed by atoms with Crippen molar-refractivity contribution in [2.45, 2.75) is 13.0 Å². The van der Waals surface area contributed by atoms with E-state index in [9.17, 15) is 9.59 Å². The number of para-hydroxylation sites is 1. The smallest absolute Gasteiger partial charge is 0.263 e. The summed E-state index contributed by atoms with van der Waals surface area (Å²) < 4.78 is 1.59. The molecule has 0 aliphatic carbocycles. The zero-order chi connectivity index (χ0) is 17.2. The van der Waals surface area contributed by atoms with E-state index in [1.54, 1.807) is 27.8 Å². The van der Waals surface area contributed by atoms with Gasteiger partial charge in [-0.2, -0.15) is 0 Å². The van der Waals surface area contributed by atoms with Gasteiger partial charge in [0.25, 0.3) is 11.5 Å². The van der Waals surface area contributed by atoms with Gasteiger partial charge in [-0.25, -0.2) is 0 Å². The zero-order valence-electron chi connectivity index (χ0n) is 13.8. The summed E-state index contributed by atoms with van der Waals surface area (Å²) in [6.45, 7) is 1.07. The number of benzene rings is 2. The second-order valence-electron chi connectivity index (χ2n) is 6.18. The van der Waals surface area contributed by atoms with E-state index in [0.717, 1.165) is 23.2 Å². The number of amides is 1. The number of rotatable bonds is 3. The molecule has 0 N–H and O–H groups in total. The summed E-state index contributed by atoms with van der Waals surface area (Å²) in [5.74, 6) is -0.225. The molecule has 3 aromatic rings. The highest BCUT2D eigenvalue weighted by Crippen LogP contribution is 2.28. The lowest BCUT2D eigenvalue weighted by Gasteiger charge is -2.17. The summed E-state index contributed by atoms with van der Waals surface area (Å²) in [6.07, 6.45) is 2.55. The monoisotopic (exact) mass is 330 g/mol. The first kappa shape index (κ1) is 15.4. The zero-order valence-corrected chi connectivity index (χ0v) is 13.8. The number of pyridine rings is 1. The fourth-order valence-electron chi connectivity index (χ4n) is 3.30. The fraction of sp³-hybridized carbons (Fsp3) is 0.143. The largest absolute Gasteiger partial charge is 0.310 e. The summed E-state index contributed by atoms with van der Waals surface area (Å²) in [7, 11) is 0. The number of nitrogens with zero attached hydrogens (tertiary/aromatic N) is 2. The predicted octanol–water partition coefficient (Wildman–Crippen LogP) is 3.10. The molecule has 4 nitrogen and oxygen atoms in total. The summed E-state index contributed by atoms with van der Waals surface area (Å²) in [5.41, 5.74) is 3.05. The van der Waals surface area contributed by atoms with Crippen LogP contribution in [0.25, 0.3) is 0 Å². The van der Waals surface area contributed by atoms with Crippen molar-refractivity contribution in [3.8, 4) is 0 Å². The maximum Gasteiger partial charge on any atom is 0.263 e. The van der Waals surface area contributed by atoms with Gasteiger partial charge in [0.1, 0.15) is 5.56 Å². The molecule has 0 atom stereocenters. The van der Waals surface area contributed by atoms with E-state index in [0.29, 0.717) is 13.1 Å². The molecule has 0 unspecified atom stereocenters. The lowest BCUT2D eigenvalue weighted by molar-refractivity contribution is 0.0987. The molecular weight excluding hydrogens is 312 g/mol. The van der Waals surface area contributed by atoms with Crippen LogP contribution < -0.4 is 10.5 Å². The quantitative estimate of drug-likeness (QED) is 0.740. The highest BCUT2D eigenvalue weighted by molar-refractivity contribution is 6.07. The third-order valence-electron chi connectivity index (χ3n) is 4.58. The molecule has 1 amide bonds. The van der Waals surface area contributed by atoms with Gasteiger partial charge in [-0.1, -0.05) is 48.5 Å². The molecule has 1 aromatic heterocycles. The Kier molecular flexibility index (Phi) is 3.94. The minimum Gasteiger partial charge on any atom is -0.310 e. The Hall–Kier alpha value is -3.14. The first-order valence-corrected chi connectivity index (χ1v) is 8.37. The number of aromatic nitrogens is 1. The lowest BCUT2D eigenvalue weighted by atomic mass is 10.1. The Morgan fingerprint density at radius 2 is 1.68 bits per heavy atom. The van der Waals surface area contributed by atoms with E-state index in [-0.39, 0.29) is 17.0 Å².